The predicted octanol–water partition coefficient (Wildman–Crippen LogP) is 7.35. The number of ketones is 1. The van der Waals surface area contributed by atoms with E-state index in [1.165, 1.54) is 57.8 Å². The number of rotatable bonds is 5. The minimum absolute atomic E-state index is 0.0959. The first kappa shape index (κ1) is 23.1. The van der Waals surface area contributed by atoms with Gasteiger partial charge in [-0.3, -0.25) is 4.79 Å². The molecule has 8 atom stereocenters. The summed E-state index contributed by atoms with van der Waals surface area (Å²) in [6, 6.07) is 0. The number of Topliss-reactive ketones (excluding diaryl/α,β-unsaturated/α-hetero) is 1. The lowest BCUT2D eigenvalue weighted by Gasteiger charge is -2.62. The molecule has 5 aliphatic rings. The highest BCUT2D eigenvalue weighted by Gasteiger charge is 2.82. The lowest BCUT2D eigenvalue weighted by Crippen LogP contribution is -2.57. The van der Waals surface area contributed by atoms with Crippen LogP contribution in [0.25, 0.3) is 0 Å². The van der Waals surface area contributed by atoms with Crippen LogP contribution in [0, 0.1) is 50.7 Å². The van der Waals surface area contributed by atoms with Crippen molar-refractivity contribution in [1.82, 2.24) is 0 Å². The summed E-state index contributed by atoms with van der Waals surface area (Å²) in [5.74, 6) is 3.65. The predicted molar refractivity (Wildman–Crippen MR) is 131 cm³/mol. The van der Waals surface area contributed by atoms with Crippen molar-refractivity contribution >= 4 is 5.78 Å². The molecule has 0 saturated heterocycles. The average molecular weight is 441 g/mol. The molecule has 8 unspecified atom stereocenters. The van der Waals surface area contributed by atoms with Gasteiger partial charge in [0.05, 0.1) is 6.61 Å². The number of carbonyl (C=O) groups is 1. The van der Waals surface area contributed by atoms with E-state index in [1.54, 1.807) is 0 Å². The van der Waals surface area contributed by atoms with E-state index in [-0.39, 0.29) is 12.0 Å². The van der Waals surface area contributed by atoms with Crippen LogP contribution in [0.5, 0.6) is 0 Å². The molecule has 0 radical (unpaired) electrons. The number of hydrogen-bond donors (Lipinski definition) is 1. The van der Waals surface area contributed by atoms with Crippen LogP contribution in [0.1, 0.15) is 112 Å². The second-order valence-corrected chi connectivity index (χ2v) is 14.1. The van der Waals surface area contributed by atoms with Crippen molar-refractivity contribution in [2.75, 3.05) is 6.61 Å². The number of hydrogen-bond acceptors (Lipinski definition) is 2. The van der Waals surface area contributed by atoms with E-state index < -0.39 is 0 Å². The van der Waals surface area contributed by atoms with Crippen LogP contribution in [-0.2, 0) is 4.79 Å². The largest absolute Gasteiger partial charge is 0.392 e. The van der Waals surface area contributed by atoms with Crippen LogP contribution in [0.3, 0.4) is 0 Å². The first-order chi connectivity index (χ1) is 15.0. The number of fused-ring (bicyclic) bond motifs is 2. The Morgan fingerprint density at radius 1 is 1.00 bits per heavy atom. The SMILES string of the molecule is CC(=CCCC(C)C1CCC2(C)C3CCC4C(C)(C)C(=O)CCC45CC35CCC12C)CO. The van der Waals surface area contributed by atoms with Gasteiger partial charge in [0.1, 0.15) is 5.78 Å². The average Bonchev–Trinajstić information content (AvgIpc) is 3.33. The van der Waals surface area contributed by atoms with E-state index >= 15 is 0 Å². The van der Waals surface area contributed by atoms with Crippen molar-refractivity contribution in [2.24, 2.45) is 50.7 Å². The molecule has 0 aromatic rings. The Morgan fingerprint density at radius 3 is 2.41 bits per heavy atom. The van der Waals surface area contributed by atoms with E-state index in [0.29, 0.717) is 33.4 Å². The molecule has 5 rings (SSSR count). The minimum atomic E-state index is -0.0959. The fraction of sp³-hybridized carbons (Fsp3) is 0.900. The van der Waals surface area contributed by atoms with Crippen LogP contribution < -0.4 is 0 Å². The second-order valence-electron chi connectivity index (χ2n) is 14.1. The molecule has 5 fully saturated rings. The van der Waals surface area contributed by atoms with E-state index in [0.717, 1.165) is 36.2 Å². The number of aliphatic hydroxyl groups is 1. The molecule has 2 spiro atoms. The standard InChI is InChI=1S/C30H48O2/c1-20(18-31)8-7-9-21(2)22-12-14-28(6)24-11-10-23-26(3,4)25(32)13-15-29(23)19-30(24,29)17-16-27(22,28)5/h8,21-24,31H,7,9-19H2,1-6H3. The zero-order valence-electron chi connectivity index (χ0n) is 21.7. The Kier molecular flexibility index (Phi) is 5.20. The van der Waals surface area contributed by atoms with Crippen molar-refractivity contribution in [3.63, 3.8) is 0 Å². The van der Waals surface area contributed by atoms with Gasteiger partial charge in [-0.2, -0.15) is 0 Å². The summed E-state index contributed by atoms with van der Waals surface area (Å²) in [6.45, 7) is 14.7. The maximum absolute atomic E-state index is 12.8. The monoisotopic (exact) mass is 440 g/mol. The maximum atomic E-state index is 12.8. The van der Waals surface area contributed by atoms with Gasteiger partial charge in [-0.25, -0.2) is 0 Å². The van der Waals surface area contributed by atoms with Crippen molar-refractivity contribution in [3.8, 4) is 0 Å². The van der Waals surface area contributed by atoms with Crippen LogP contribution in [0.15, 0.2) is 11.6 Å². The van der Waals surface area contributed by atoms with E-state index in [4.69, 9.17) is 0 Å². The molecule has 1 N–H and O–H groups in total. The van der Waals surface area contributed by atoms with Gasteiger partial charge in [0, 0.05) is 11.8 Å². The molecule has 0 aromatic carbocycles. The van der Waals surface area contributed by atoms with E-state index in [2.05, 4.69) is 40.7 Å². The van der Waals surface area contributed by atoms with Crippen molar-refractivity contribution in [2.45, 2.75) is 112 Å². The van der Waals surface area contributed by atoms with E-state index in [9.17, 15) is 9.90 Å². The zero-order valence-corrected chi connectivity index (χ0v) is 21.7. The van der Waals surface area contributed by atoms with E-state index in [1.807, 2.05) is 6.92 Å². The Hall–Kier alpha value is -0.630. The quantitative estimate of drug-likeness (QED) is 0.454. The van der Waals surface area contributed by atoms with Crippen LogP contribution in [-0.4, -0.2) is 17.5 Å². The first-order valence-electron chi connectivity index (χ1n) is 13.8. The third-order valence-electron chi connectivity index (χ3n) is 13.0. The summed E-state index contributed by atoms with van der Waals surface area (Å²) in [5.41, 5.74) is 3.01. The third-order valence-corrected chi connectivity index (χ3v) is 13.0. The smallest absolute Gasteiger partial charge is 0.138 e. The lowest BCUT2D eigenvalue weighted by molar-refractivity contribution is -0.157. The van der Waals surface area contributed by atoms with Crippen LogP contribution >= 0.6 is 0 Å². The Bertz CT molecular complexity index is 825. The lowest BCUT2D eigenvalue weighted by atomic mass is 9.42. The highest BCUT2D eigenvalue weighted by molar-refractivity contribution is 5.86. The molecule has 0 heterocycles. The second kappa shape index (κ2) is 7.19. The van der Waals surface area contributed by atoms with Gasteiger partial charge in [-0.1, -0.05) is 46.3 Å². The summed E-state index contributed by atoms with van der Waals surface area (Å²) in [6.07, 6.45) is 16.4. The first-order valence-corrected chi connectivity index (χ1v) is 13.8. The van der Waals surface area contributed by atoms with Gasteiger partial charge < -0.3 is 5.11 Å². The van der Waals surface area contributed by atoms with Crippen molar-refractivity contribution < 1.29 is 9.90 Å². The van der Waals surface area contributed by atoms with Crippen molar-refractivity contribution in [3.05, 3.63) is 11.6 Å². The van der Waals surface area contributed by atoms with Gasteiger partial charge in [0.25, 0.3) is 0 Å². The van der Waals surface area contributed by atoms with Crippen LogP contribution in [0.4, 0.5) is 0 Å². The highest BCUT2D eigenvalue weighted by atomic mass is 16.3. The Balaban J connectivity index is 1.39. The van der Waals surface area contributed by atoms with Gasteiger partial charge in [-0.05, 0) is 116 Å². The molecule has 180 valence electrons. The normalized spacial score (nSPS) is 50.2. The number of carbonyl (C=O) groups excluding carboxylic acids is 1. The molecule has 5 saturated carbocycles. The van der Waals surface area contributed by atoms with Crippen LogP contribution in [0.2, 0.25) is 0 Å². The maximum Gasteiger partial charge on any atom is 0.138 e. The topological polar surface area (TPSA) is 37.3 Å². The van der Waals surface area contributed by atoms with Gasteiger partial charge in [0.15, 0.2) is 0 Å². The number of allylic oxidation sites excluding steroid dienone is 1. The Labute approximate surface area is 197 Å². The fourth-order valence-corrected chi connectivity index (χ4v) is 11.0. The molecule has 0 aromatic heterocycles. The highest BCUT2D eigenvalue weighted by Crippen LogP contribution is 2.88. The molecule has 2 heteroatoms. The molecule has 0 aliphatic heterocycles. The Morgan fingerprint density at radius 2 is 1.69 bits per heavy atom. The zero-order chi connectivity index (χ0) is 23.2. The molecule has 0 bridgehead atoms. The fourth-order valence-electron chi connectivity index (χ4n) is 11.0. The van der Waals surface area contributed by atoms with Gasteiger partial charge in [0.2, 0.25) is 0 Å². The summed E-state index contributed by atoms with van der Waals surface area (Å²) < 4.78 is 0. The molecule has 0 amide bonds. The van der Waals surface area contributed by atoms with Crippen molar-refractivity contribution in [1.29, 1.82) is 0 Å². The van der Waals surface area contributed by atoms with Gasteiger partial charge >= 0.3 is 0 Å². The summed E-state index contributed by atoms with van der Waals surface area (Å²) >= 11 is 0. The summed E-state index contributed by atoms with van der Waals surface area (Å²) in [7, 11) is 0. The molecule has 32 heavy (non-hydrogen) atoms. The molecular formula is C30H48O2. The van der Waals surface area contributed by atoms with Gasteiger partial charge in [-0.15, -0.1) is 0 Å². The summed E-state index contributed by atoms with van der Waals surface area (Å²) in [4.78, 5) is 12.8. The third kappa shape index (κ3) is 2.71. The minimum Gasteiger partial charge on any atom is -0.392 e. The number of aliphatic hydroxyl groups excluding tert-OH is 1. The molecular weight excluding hydrogens is 392 g/mol. The molecule has 2 nitrogen and oxygen atoms in total. The molecule has 5 aliphatic carbocycles. The summed E-state index contributed by atoms with van der Waals surface area (Å²) in [5, 5.41) is 9.32.